The van der Waals surface area contributed by atoms with Crippen LogP contribution in [0.5, 0.6) is 0 Å². The minimum atomic E-state index is -3.55. The Hall–Kier alpha value is -0.890. The normalized spacial score (nSPS) is 13.4. The second-order valence-corrected chi connectivity index (χ2v) is 7.71. The van der Waals surface area contributed by atoms with Crippen LogP contribution in [-0.4, -0.2) is 8.42 Å². The molecule has 0 amide bonds. The highest BCUT2D eigenvalue weighted by molar-refractivity contribution is 9.10. The van der Waals surface area contributed by atoms with E-state index in [1.807, 2.05) is 18.2 Å². The Morgan fingerprint density at radius 2 is 2.00 bits per heavy atom. The molecule has 0 bridgehead atoms. The van der Waals surface area contributed by atoms with E-state index in [9.17, 15) is 8.42 Å². The first kappa shape index (κ1) is 14.5. The molecule has 0 saturated heterocycles. The summed E-state index contributed by atoms with van der Waals surface area (Å²) in [5, 5.41) is 1.72. The van der Waals surface area contributed by atoms with Crippen LogP contribution in [0, 0.1) is 0 Å². The first-order valence-electron chi connectivity index (χ1n) is 5.51. The lowest BCUT2D eigenvalue weighted by molar-refractivity contribution is 0.569. The van der Waals surface area contributed by atoms with E-state index in [-0.39, 0.29) is 10.3 Å². The van der Waals surface area contributed by atoms with Crippen LogP contribution in [0.4, 0.5) is 5.69 Å². The number of hydrogen-bond donors (Lipinski definition) is 2. The maximum Gasteiger partial charge on any atom is 0.251 e. The zero-order chi connectivity index (χ0) is 14.0. The van der Waals surface area contributed by atoms with Crippen LogP contribution in [0.3, 0.4) is 0 Å². The summed E-state index contributed by atoms with van der Waals surface area (Å²) >= 11 is 4.40. The van der Waals surface area contributed by atoms with Gasteiger partial charge in [-0.2, -0.15) is 0 Å². The number of nitrogens with one attached hydrogen (secondary N) is 1. The molecule has 1 heterocycles. The van der Waals surface area contributed by atoms with Gasteiger partial charge in [0.1, 0.15) is 4.21 Å². The highest BCUT2D eigenvalue weighted by atomic mass is 79.9. The Bertz CT molecular complexity index is 683. The van der Waals surface area contributed by atoms with Gasteiger partial charge in [0, 0.05) is 16.2 Å². The molecule has 1 aromatic carbocycles. The van der Waals surface area contributed by atoms with E-state index in [1.165, 1.54) is 11.3 Å². The topological polar surface area (TPSA) is 72.2 Å². The molecule has 1 unspecified atom stereocenters. The van der Waals surface area contributed by atoms with Crippen molar-refractivity contribution in [3.8, 4) is 0 Å². The second kappa shape index (κ2) is 5.62. The van der Waals surface area contributed by atoms with Crippen molar-refractivity contribution in [1.82, 2.24) is 4.72 Å². The number of thiophene rings is 1. The summed E-state index contributed by atoms with van der Waals surface area (Å²) in [5.41, 5.74) is 7.18. The fourth-order valence-corrected chi connectivity index (χ4v) is 5.30. The lowest BCUT2D eigenvalue weighted by Crippen LogP contribution is -2.27. The highest BCUT2D eigenvalue weighted by Gasteiger charge is 2.22. The minimum absolute atomic E-state index is 0.272. The van der Waals surface area contributed by atoms with E-state index in [0.717, 1.165) is 5.56 Å². The van der Waals surface area contributed by atoms with Gasteiger partial charge < -0.3 is 5.73 Å². The van der Waals surface area contributed by atoms with Crippen molar-refractivity contribution >= 4 is 43.0 Å². The Morgan fingerprint density at radius 1 is 1.32 bits per heavy atom. The molecule has 2 rings (SSSR count). The molecule has 4 nitrogen and oxygen atoms in total. The summed E-state index contributed by atoms with van der Waals surface area (Å²) in [6.07, 6.45) is 0. The van der Waals surface area contributed by atoms with Gasteiger partial charge in [-0.1, -0.05) is 18.2 Å². The van der Waals surface area contributed by atoms with E-state index in [2.05, 4.69) is 20.7 Å². The lowest BCUT2D eigenvalue weighted by atomic mass is 10.1. The van der Waals surface area contributed by atoms with Gasteiger partial charge in [0.25, 0.3) is 10.0 Å². The van der Waals surface area contributed by atoms with E-state index in [4.69, 9.17) is 5.73 Å². The molecule has 0 saturated carbocycles. The van der Waals surface area contributed by atoms with Crippen LogP contribution in [0.15, 0.2) is 44.4 Å². The number of halogens is 1. The first-order chi connectivity index (χ1) is 8.92. The third kappa shape index (κ3) is 3.17. The average molecular weight is 361 g/mol. The quantitative estimate of drug-likeness (QED) is 0.822. The van der Waals surface area contributed by atoms with Gasteiger partial charge >= 0.3 is 0 Å². The standard InChI is InChI=1S/C12H13BrN2O2S2/c1-8(9-4-2-3-5-11(9)14)15-19(16,17)12-10(13)6-7-18-12/h2-8,15H,14H2,1H3. The summed E-state index contributed by atoms with van der Waals surface area (Å²) in [6.45, 7) is 1.77. The van der Waals surface area contributed by atoms with Crippen LogP contribution in [0.1, 0.15) is 18.5 Å². The number of hydrogen-bond acceptors (Lipinski definition) is 4. The molecular weight excluding hydrogens is 348 g/mol. The number of sulfonamides is 1. The summed E-state index contributed by atoms with van der Waals surface area (Å²) in [7, 11) is -3.55. The van der Waals surface area contributed by atoms with Gasteiger partial charge in [-0.3, -0.25) is 0 Å². The second-order valence-electron chi connectivity index (χ2n) is 4.03. The molecule has 7 heteroatoms. The van der Waals surface area contributed by atoms with Gasteiger partial charge in [-0.15, -0.1) is 11.3 Å². The van der Waals surface area contributed by atoms with Gasteiger partial charge in [0.05, 0.1) is 0 Å². The number of rotatable bonds is 4. The van der Waals surface area contributed by atoms with Crippen molar-refractivity contribution in [2.24, 2.45) is 0 Å². The van der Waals surface area contributed by atoms with E-state index >= 15 is 0 Å². The Kier molecular flexibility index (Phi) is 4.29. The Morgan fingerprint density at radius 3 is 2.58 bits per heavy atom. The van der Waals surface area contributed by atoms with Crippen LogP contribution >= 0.6 is 27.3 Å². The van der Waals surface area contributed by atoms with Crippen molar-refractivity contribution in [2.75, 3.05) is 5.73 Å². The third-order valence-corrected chi connectivity index (χ3v) is 6.83. The molecule has 0 aliphatic rings. The fraction of sp³-hybridized carbons (Fsp3) is 0.167. The van der Waals surface area contributed by atoms with Crippen molar-refractivity contribution in [3.05, 3.63) is 45.7 Å². The molecule has 0 fully saturated rings. The van der Waals surface area contributed by atoms with Gasteiger partial charge in [-0.05, 0) is 45.9 Å². The molecule has 0 radical (unpaired) electrons. The summed E-state index contributed by atoms with van der Waals surface area (Å²) in [6, 6.07) is 8.53. The molecule has 0 spiro atoms. The molecular formula is C12H13BrN2O2S2. The van der Waals surface area contributed by atoms with Crippen molar-refractivity contribution in [2.45, 2.75) is 17.2 Å². The first-order valence-corrected chi connectivity index (χ1v) is 8.67. The average Bonchev–Trinajstić information content (AvgIpc) is 2.76. The van der Waals surface area contributed by atoms with Gasteiger partial charge in [-0.25, -0.2) is 13.1 Å². The molecule has 0 aliphatic heterocycles. The van der Waals surface area contributed by atoms with Crippen LogP contribution in [0.2, 0.25) is 0 Å². The maximum absolute atomic E-state index is 12.2. The molecule has 3 N–H and O–H groups in total. The molecule has 102 valence electrons. The predicted octanol–water partition coefficient (Wildman–Crippen LogP) is 3.13. The smallest absolute Gasteiger partial charge is 0.251 e. The molecule has 2 aromatic rings. The number of nitrogen functional groups attached to an aromatic ring is 1. The Labute approximate surface area is 124 Å². The molecule has 1 aromatic heterocycles. The highest BCUT2D eigenvalue weighted by Crippen LogP contribution is 2.29. The summed E-state index contributed by atoms with van der Waals surface area (Å²) in [4.78, 5) is 0. The predicted molar refractivity (Wildman–Crippen MR) is 81.6 cm³/mol. The van der Waals surface area contributed by atoms with Crippen LogP contribution in [-0.2, 0) is 10.0 Å². The fourth-order valence-electron chi connectivity index (χ4n) is 1.73. The zero-order valence-corrected chi connectivity index (χ0v) is 13.3. The largest absolute Gasteiger partial charge is 0.398 e. The monoisotopic (exact) mass is 360 g/mol. The van der Waals surface area contributed by atoms with Crippen LogP contribution in [0.25, 0.3) is 0 Å². The van der Waals surface area contributed by atoms with Crippen LogP contribution < -0.4 is 10.5 Å². The summed E-state index contributed by atoms with van der Waals surface area (Å²) < 4.78 is 27.9. The minimum Gasteiger partial charge on any atom is -0.398 e. The number of anilines is 1. The van der Waals surface area contributed by atoms with Gasteiger partial charge in [0.2, 0.25) is 0 Å². The SMILES string of the molecule is CC(NS(=O)(=O)c1sccc1Br)c1ccccc1N. The third-order valence-electron chi connectivity index (χ3n) is 2.62. The van der Waals surface area contributed by atoms with E-state index in [0.29, 0.717) is 10.2 Å². The van der Waals surface area contributed by atoms with E-state index < -0.39 is 10.0 Å². The maximum atomic E-state index is 12.2. The summed E-state index contributed by atoms with van der Waals surface area (Å²) in [5.74, 6) is 0. The van der Waals surface area contributed by atoms with E-state index in [1.54, 1.807) is 24.4 Å². The molecule has 19 heavy (non-hydrogen) atoms. The van der Waals surface area contributed by atoms with Crippen molar-refractivity contribution < 1.29 is 8.42 Å². The number of para-hydroxylation sites is 1. The zero-order valence-electron chi connectivity index (χ0n) is 10.1. The van der Waals surface area contributed by atoms with Gasteiger partial charge in [0.15, 0.2) is 0 Å². The number of nitrogens with two attached hydrogens (primary N) is 1. The molecule has 1 atom stereocenters. The Balaban J connectivity index is 2.27. The lowest BCUT2D eigenvalue weighted by Gasteiger charge is -2.15. The molecule has 0 aliphatic carbocycles. The van der Waals surface area contributed by atoms with Crippen molar-refractivity contribution in [3.63, 3.8) is 0 Å². The van der Waals surface area contributed by atoms with Crippen molar-refractivity contribution in [1.29, 1.82) is 0 Å². The number of benzene rings is 1.